The van der Waals surface area contributed by atoms with Crippen LogP contribution in [0.1, 0.15) is 11.8 Å². The van der Waals surface area contributed by atoms with Crippen LogP contribution in [0.3, 0.4) is 0 Å². The molecule has 0 saturated heterocycles. The molecule has 19 heavy (non-hydrogen) atoms. The summed E-state index contributed by atoms with van der Waals surface area (Å²) in [7, 11) is -3.49. The number of aryl methyl sites for hydroxylation is 1. The second-order valence-electron chi connectivity index (χ2n) is 3.92. The normalized spacial score (nSPS) is 11.9. The highest BCUT2D eigenvalue weighted by atomic mass is 35.5. The first-order chi connectivity index (χ1) is 8.89. The summed E-state index contributed by atoms with van der Waals surface area (Å²) in [4.78, 5) is 10.2. The highest BCUT2D eigenvalue weighted by Crippen LogP contribution is 2.30. The van der Waals surface area contributed by atoms with E-state index in [1.807, 2.05) is 13.0 Å². The van der Waals surface area contributed by atoms with Gasteiger partial charge in [0.1, 0.15) is 10.6 Å². The van der Waals surface area contributed by atoms with Gasteiger partial charge in [-0.2, -0.15) is 0 Å². The van der Waals surface area contributed by atoms with Gasteiger partial charge in [0.2, 0.25) is 15.3 Å². The van der Waals surface area contributed by atoms with Crippen LogP contribution in [0.5, 0.6) is 0 Å². The predicted octanol–water partition coefficient (Wildman–Crippen LogP) is 1.61. The molecular formula is C10H13ClN4O2S2. The van der Waals surface area contributed by atoms with Crippen LogP contribution in [-0.4, -0.2) is 30.7 Å². The van der Waals surface area contributed by atoms with Gasteiger partial charge in [0, 0.05) is 11.4 Å². The maximum atomic E-state index is 10.9. The Hall–Kier alpha value is -0.960. The van der Waals surface area contributed by atoms with Crippen LogP contribution in [-0.2, 0) is 16.4 Å². The van der Waals surface area contributed by atoms with E-state index in [1.165, 1.54) is 4.88 Å². The second-order valence-corrected chi connectivity index (χ2v) is 7.11. The quantitative estimate of drug-likeness (QED) is 0.815. The maximum absolute atomic E-state index is 10.9. The fourth-order valence-corrected chi connectivity index (χ4v) is 3.14. The first-order valence-electron chi connectivity index (χ1n) is 5.59. The van der Waals surface area contributed by atoms with Crippen molar-refractivity contribution in [3.63, 3.8) is 0 Å². The SMILES string of the molecule is CCc1cc2c(NCCS(N)(=O)=O)nc(Cl)nc2s1. The molecule has 0 spiro atoms. The van der Waals surface area contributed by atoms with Gasteiger partial charge in [-0.15, -0.1) is 11.3 Å². The molecule has 0 aliphatic heterocycles. The van der Waals surface area contributed by atoms with E-state index in [1.54, 1.807) is 11.3 Å². The van der Waals surface area contributed by atoms with Crippen LogP contribution in [0.25, 0.3) is 10.2 Å². The fraction of sp³-hybridized carbons (Fsp3) is 0.400. The number of hydrogen-bond donors (Lipinski definition) is 2. The zero-order valence-corrected chi connectivity index (χ0v) is 12.6. The highest BCUT2D eigenvalue weighted by molar-refractivity contribution is 7.89. The Balaban J connectivity index is 2.28. The van der Waals surface area contributed by atoms with Crippen LogP contribution in [0.15, 0.2) is 6.07 Å². The summed E-state index contributed by atoms with van der Waals surface area (Å²) in [6.45, 7) is 2.23. The van der Waals surface area contributed by atoms with Crippen molar-refractivity contribution in [1.29, 1.82) is 0 Å². The Kier molecular flexibility index (Phi) is 4.24. The number of fused-ring (bicyclic) bond motifs is 1. The van der Waals surface area contributed by atoms with Gasteiger partial charge in [-0.25, -0.2) is 23.5 Å². The summed E-state index contributed by atoms with van der Waals surface area (Å²) in [5.41, 5.74) is 0. The molecule has 104 valence electrons. The molecule has 9 heteroatoms. The van der Waals surface area contributed by atoms with E-state index < -0.39 is 10.0 Å². The Morgan fingerprint density at radius 2 is 2.21 bits per heavy atom. The lowest BCUT2D eigenvalue weighted by atomic mass is 10.3. The van der Waals surface area contributed by atoms with Gasteiger partial charge < -0.3 is 5.32 Å². The molecule has 0 aliphatic rings. The van der Waals surface area contributed by atoms with Gasteiger partial charge in [-0.05, 0) is 24.1 Å². The number of rotatable bonds is 5. The predicted molar refractivity (Wildman–Crippen MR) is 78.3 cm³/mol. The lowest BCUT2D eigenvalue weighted by Gasteiger charge is -2.05. The molecule has 0 aromatic carbocycles. The molecule has 0 fully saturated rings. The van der Waals surface area contributed by atoms with Gasteiger partial charge in [-0.1, -0.05) is 6.92 Å². The number of nitrogens with one attached hydrogen (secondary N) is 1. The largest absolute Gasteiger partial charge is 0.368 e. The molecule has 6 nitrogen and oxygen atoms in total. The third-order valence-electron chi connectivity index (χ3n) is 2.44. The minimum Gasteiger partial charge on any atom is -0.368 e. The van der Waals surface area contributed by atoms with Crippen molar-refractivity contribution >= 4 is 49.0 Å². The molecule has 2 aromatic rings. The molecular weight excluding hydrogens is 308 g/mol. The minimum atomic E-state index is -3.49. The van der Waals surface area contributed by atoms with Crippen molar-refractivity contribution in [2.75, 3.05) is 17.6 Å². The average molecular weight is 321 g/mol. The summed E-state index contributed by atoms with van der Waals surface area (Å²) in [6, 6.07) is 1.98. The molecule has 0 aliphatic carbocycles. The van der Waals surface area contributed by atoms with E-state index in [0.717, 1.165) is 16.6 Å². The molecule has 3 N–H and O–H groups in total. The number of nitrogens with two attached hydrogens (primary N) is 1. The van der Waals surface area contributed by atoms with Crippen LogP contribution >= 0.6 is 22.9 Å². The number of primary sulfonamides is 1. The standard InChI is InChI=1S/C10H13ClN4O2S2/c1-2-6-5-7-8(13-3-4-19(12,16)17)14-10(11)15-9(7)18-6/h5H,2-4H2,1H3,(H2,12,16,17)(H,13,14,15). The highest BCUT2D eigenvalue weighted by Gasteiger charge is 2.11. The van der Waals surface area contributed by atoms with E-state index >= 15 is 0 Å². The number of halogens is 1. The topological polar surface area (TPSA) is 98.0 Å². The van der Waals surface area contributed by atoms with Crippen molar-refractivity contribution in [3.8, 4) is 0 Å². The van der Waals surface area contributed by atoms with E-state index in [0.29, 0.717) is 5.82 Å². The van der Waals surface area contributed by atoms with Crippen molar-refractivity contribution in [1.82, 2.24) is 9.97 Å². The van der Waals surface area contributed by atoms with Crippen LogP contribution in [0.4, 0.5) is 5.82 Å². The number of sulfonamides is 1. The molecule has 0 atom stereocenters. The van der Waals surface area contributed by atoms with E-state index in [-0.39, 0.29) is 17.6 Å². The summed E-state index contributed by atoms with van der Waals surface area (Å²) in [6.07, 6.45) is 0.898. The third kappa shape index (κ3) is 3.75. The van der Waals surface area contributed by atoms with Gasteiger partial charge in [0.15, 0.2) is 0 Å². The first kappa shape index (κ1) is 14.4. The maximum Gasteiger partial charge on any atom is 0.225 e. The zero-order chi connectivity index (χ0) is 14.0. The van der Waals surface area contributed by atoms with Crippen molar-refractivity contribution in [2.45, 2.75) is 13.3 Å². The number of anilines is 1. The molecule has 2 aromatic heterocycles. The van der Waals surface area contributed by atoms with E-state index in [2.05, 4.69) is 15.3 Å². The summed E-state index contributed by atoms with van der Waals surface area (Å²) in [5, 5.41) is 8.86. The average Bonchev–Trinajstić information content (AvgIpc) is 2.70. The number of nitrogens with zero attached hydrogens (tertiary/aromatic N) is 2. The molecule has 0 radical (unpaired) electrons. The zero-order valence-electron chi connectivity index (χ0n) is 10.2. The fourth-order valence-electron chi connectivity index (χ4n) is 1.57. The van der Waals surface area contributed by atoms with Gasteiger partial charge in [-0.3, -0.25) is 0 Å². The van der Waals surface area contributed by atoms with Gasteiger partial charge in [0.25, 0.3) is 0 Å². The molecule has 0 saturated carbocycles. The molecule has 0 unspecified atom stereocenters. The van der Waals surface area contributed by atoms with Gasteiger partial charge in [0.05, 0.1) is 11.1 Å². The van der Waals surface area contributed by atoms with Crippen LogP contribution in [0, 0.1) is 0 Å². The summed E-state index contributed by atoms with van der Waals surface area (Å²) < 4.78 is 21.8. The Morgan fingerprint density at radius 1 is 1.47 bits per heavy atom. The number of thiophene rings is 1. The smallest absolute Gasteiger partial charge is 0.225 e. The minimum absolute atomic E-state index is 0.134. The third-order valence-corrected chi connectivity index (χ3v) is 4.56. The Morgan fingerprint density at radius 3 is 2.84 bits per heavy atom. The molecule has 0 amide bonds. The lowest BCUT2D eigenvalue weighted by Crippen LogP contribution is -2.22. The van der Waals surface area contributed by atoms with Crippen molar-refractivity contribution in [3.05, 3.63) is 16.2 Å². The van der Waals surface area contributed by atoms with Gasteiger partial charge >= 0.3 is 0 Å². The molecule has 2 rings (SSSR count). The first-order valence-corrected chi connectivity index (χ1v) is 8.50. The summed E-state index contributed by atoms with van der Waals surface area (Å²) in [5.74, 6) is 0.371. The Labute approximate surface area is 120 Å². The monoisotopic (exact) mass is 320 g/mol. The van der Waals surface area contributed by atoms with Crippen LogP contribution < -0.4 is 10.5 Å². The number of hydrogen-bond acceptors (Lipinski definition) is 6. The van der Waals surface area contributed by atoms with E-state index in [4.69, 9.17) is 16.7 Å². The number of aromatic nitrogens is 2. The van der Waals surface area contributed by atoms with Crippen molar-refractivity contribution < 1.29 is 8.42 Å². The van der Waals surface area contributed by atoms with Crippen LogP contribution in [0.2, 0.25) is 5.28 Å². The molecule has 2 heterocycles. The summed E-state index contributed by atoms with van der Waals surface area (Å²) >= 11 is 7.39. The van der Waals surface area contributed by atoms with E-state index in [9.17, 15) is 8.42 Å². The second kappa shape index (κ2) is 5.58. The van der Waals surface area contributed by atoms with Crippen molar-refractivity contribution in [2.24, 2.45) is 5.14 Å². The Bertz CT molecular complexity index is 699. The molecule has 0 bridgehead atoms. The lowest BCUT2D eigenvalue weighted by molar-refractivity contribution is 0.598.